The number of aromatic carboxylic acids is 1. The van der Waals surface area contributed by atoms with Crippen molar-refractivity contribution in [2.24, 2.45) is 0 Å². The molecular weight excluding hydrogens is 412 g/mol. The van der Waals surface area contributed by atoms with Crippen LogP contribution in [0.1, 0.15) is 40.9 Å². The quantitative estimate of drug-likeness (QED) is 0.268. The highest BCUT2D eigenvalue weighted by molar-refractivity contribution is 6.09. The van der Waals surface area contributed by atoms with Crippen molar-refractivity contribution < 1.29 is 27.5 Å². The van der Waals surface area contributed by atoms with Crippen LogP contribution >= 0.6 is 0 Å². The topological polar surface area (TPSA) is 87.2 Å². The molecule has 0 aromatic heterocycles. The van der Waals surface area contributed by atoms with E-state index in [1.807, 2.05) is 13.8 Å². The molecule has 31 heavy (non-hydrogen) atoms. The molecule has 8 heteroatoms. The van der Waals surface area contributed by atoms with Gasteiger partial charge >= 0.3 is 5.97 Å². The number of carboxylic acids is 1. The van der Waals surface area contributed by atoms with Crippen LogP contribution in [-0.2, 0) is 5.41 Å². The molecule has 0 bridgehead atoms. The number of nitrogens with two attached hydrogens (primary N) is 1. The molecule has 2 aromatic carbocycles. The number of hydrogen-bond acceptors (Lipinski definition) is 3. The van der Waals surface area contributed by atoms with Crippen molar-refractivity contribution in [3.8, 4) is 0 Å². The van der Waals surface area contributed by atoms with E-state index in [1.165, 1.54) is 30.4 Å². The third-order valence-electron chi connectivity index (χ3n) is 5.68. The van der Waals surface area contributed by atoms with Gasteiger partial charge in [-0.25, -0.2) is 22.4 Å². The van der Waals surface area contributed by atoms with Crippen LogP contribution < -0.4 is 5.73 Å². The van der Waals surface area contributed by atoms with Gasteiger partial charge < -0.3 is 16.2 Å². The van der Waals surface area contributed by atoms with Gasteiger partial charge in [0.25, 0.3) is 0 Å². The van der Waals surface area contributed by atoms with Crippen molar-refractivity contribution in [1.82, 2.24) is 0 Å². The standard InChI is InChI=1S/C23H16F4N2O2/c1-23(2)13-7-9(28)3-5-11(13)15(12-6-4-10(29)8-14(12)23)16-17(22(30)31)19(25)21(27)20(26)18(16)24/h3-8,28H,29H2,1-2H3,(H,30,31). The summed E-state index contributed by atoms with van der Waals surface area (Å²) >= 11 is 0. The summed E-state index contributed by atoms with van der Waals surface area (Å²) in [7, 11) is 0. The first-order valence-electron chi connectivity index (χ1n) is 9.20. The largest absolute Gasteiger partial charge is 0.478 e. The van der Waals surface area contributed by atoms with Gasteiger partial charge in [0.2, 0.25) is 0 Å². The van der Waals surface area contributed by atoms with E-state index in [-0.39, 0.29) is 16.9 Å². The molecule has 0 fully saturated rings. The summed E-state index contributed by atoms with van der Waals surface area (Å²) in [6.45, 7) is 3.67. The van der Waals surface area contributed by atoms with Crippen molar-refractivity contribution in [3.63, 3.8) is 0 Å². The third kappa shape index (κ3) is 2.82. The molecule has 2 aliphatic rings. The molecule has 4 nitrogen and oxygen atoms in total. The molecule has 0 saturated carbocycles. The molecular formula is C23H16F4N2O2. The van der Waals surface area contributed by atoms with Crippen LogP contribution in [0.15, 0.2) is 47.6 Å². The van der Waals surface area contributed by atoms with Crippen molar-refractivity contribution >= 4 is 22.9 Å². The highest BCUT2D eigenvalue weighted by Crippen LogP contribution is 2.51. The highest BCUT2D eigenvalue weighted by Gasteiger charge is 2.41. The minimum absolute atomic E-state index is 0.114. The van der Waals surface area contributed by atoms with Crippen LogP contribution in [-0.4, -0.2) is 16.8 Å². The second-order valence-corrected chi connectivity index (χ2v) is 7.88. The first kappa shape index (κ1) is 20.6. The Morgan fingerprint density at radius 3 is 2.32 bits per heavy atom. The number of nitrogen functional groups attached to an aromatic ring is 1. The molecule has 2 aromatic rings. The second-order valence-electron chi connectivity index (χ2n) is 7.88. The Hall–Kier alpha value is -3.68. The van der Waals surface area contributed by atoms with Gasteiger partial charge in [-0.05, 0) is 46.6 Å². The van der Waals surface area contributed by atoms with Crippen LogP contribution in [0.5, 0.6) is 0 Å². The average Bonchev–Trinajstić information content (AvgIpc) is 2.70. The maximum absolute atomic E-state index is 15.1. The zero-order valence-corrected chi connectivity index (χ0v) is 16.4. The minimum atomic E-state index is -2.20. The summed E-state index contributed by atoms with van der Waals surface area (Å²) in [6.07, 6.45) is 4.36. The average molecular weight is 428 g/mol. The Kier molecular flexibility index (Phi) is 4.43. The summed E-state index contributed by atoms with van der Waals surface area (Å²) in [5.74, 6) is -10.1. The van der Waals surface area contributed by atoms with Crippen LogP contribution in [0, 0.1) is 28.7 Å². The summed E-state index contributed by atoms with van der Waals surface area (Å²) in [6, 6.07) is 4.60. The zero-order chi connectivity index (χ0) is 22.8. The van der Waals surface area contributed by atoms with Crippen LogP contribution in [0.25, 0.3) is 5.57 Å². The fourth-order valence-electron chi connectivity index (χ4n) is 4.20. The van der Waals surface area contributed by atoms with Gasteiger partial charge in [0.05, 0.1) is 5.71 Å². The van der Waals surface area contributed by atoms with Crippen LogP contribution in [0.2, 0.25) is 0 Å². The number of benzene rings is 2. The molecule has 0 radical (unpaired) electrons. The number of nitrogens with one attached hydrogen (secondary N) is 1. The van der Waals surface area contributed by atoms with Gasteiger partial charge in [-0.2, -0.15) is 0 Å². The number of carbonyl (C=O) groups is 1. The Bertz CT molecular complexity index is 1300. The normalized spacial score (nSPS) is 16.7. The maximum Gasteiger partial charge on any atom is 0.339 e. The van der Waals surface area contributed by atoms with Crippen LogP contribution in [0.3, 0.4) is 0 Å². The maximum atomic E-state index is 15.1. The van der Waals surface area contributed by atoms with E-state index >= 15 is 4.39 Å². The van der Waals surface area contributed by atoms with E-state index in [0.29, 0.717) is 22.4 Å². The molecule has 4 N–H and O–H groups in total. The lowest BCUT2D eigenvalue weighted by molar-refractivity contribution is 0.0689. The molecule has 4 rings (SSSR count). The lowest BCUT2D eigenvalue weighted by Crippen LogP contribution is -2.30. The third-order valence-corrected chi connectivity index (χ3v) is 5.68. The van der Waals surface area contributed by atoms with Crippen LogP contribution in [0.4, 0.5) is 23.2 Å². The first-order chi connectivity index (χ1) is 14.5. The zero-order valence-electron chi connectivity index (χ0n) is 16.4. The van der Waals surface area contributed by atoms with Crippen molar-refractivity contribution in [2.75, 3.05) is 5.73 Å². The molecule has 0 unspecified atom stereocenters. The molecule has 0 spiro atoms. The lowest BCUT2D eigenvalue weighted by atomic mass is 9.64. The summed E-state index contributed by atoms with van der Waals surface area (Å²) in [5, 5.41) is 17.5. The Labute approximate surface area is 174 Å². The summed E-state index contributed by atoms with van der Waals surface area (Å²) in [5.41, 5.74) is 4.99. The van der Waals surface area contributed by atoms with Gasteiger partial charge in [-0.3, -0.25) is 0 Å². The second kappa shape index (κ2) is 6.66. The van der Waals surface area contributed by atoms with E-state index < -0.39 is 45.8 Å². The molecule has 2 aliphatic carbocycles. The number of anilines is 1. The molecule has 0 atom stereocenters. The number of hydrogen-bond donors (Lipinski definition) is 3. The number of fused-ring (bicyclic) bond motifs is 2. The van der Waals surface area contributed by atoms with Gasteiger partial charge in [-0.15, -0.1) is 0 Å². The highest BCUT2D eigenvalue weighted by atomic mass is 19.2. The Balaban J connectivity index is 2.25. The molecule has 0 aliphatic heterocycles. The van der Waals surface area contributed by atoms with Crippen molar-refractivity contribution in [2.45, 2.75) is 19.3 Å². The number of allylic oxidation sites excluding steroid dienone is 5. The molecule has 0 saturated heterocycles. The monoisotopic (exact) mass is 428 g/mol. The fourth-order valence-corrected chi connectivity index (χ4v) is 4.20. The predicted molar refractivity (Wildman–Crippen MR) is 108 cm³/mol. The fraction of sp³-hybridized carbons (Fsp3) is 0.130. The van der Waals surface area contributed by atoms with E-state index in [0.717, 1.165) is 0 Å². The number of carboxylic acid groups (broad SMARTS) is 1. The van der Waals surface area contributed by atoms with E-state index in [1.54, 1.807) is 6.07 Å². The lowest BCUT2D eigenvalue weighted by Gasteiger charge is -2.39. The van der Waals surface area contributed by atoms with E-state index in [9.17, 15) is 23.1 Å². The summed E-state index contributed by atoms with van der Waals surface area (Å²) in [4.78, 5) is 11.8. The summed E-state index contributed by atoms with van der Waals surface area (Å²) < 4.78 is 57.7. The van der Waals surface area contributed by atoms with Crippen molar-refractivity contribution in [3.05, 3.63) is 93.1 Å². The van der Waals surface area contributed by atoms with Gasteiger partial charge in [0.15, 0.2) is 23.3 Å². The number of rotatable bonds is 2. The Morgan fingerprint density at radius 2 is 1.68 bits per heavy atom. The first-order valence-corrected chi connectivity index (χ1v) is 9.20. The van der Waals surface area contributed by atoms with E-state index in [2.05, 4.69) is 0 Å². The number of halogens is 4. The smallest absolute Gasteiger partial charge is 0.339 e. The van der Waals surface area contributed by atoms with Gasteiger partial charge in [0.1, 0.15) is 5.56 Å². The predicted octanol–water partition coefficient (Wildman–Crippen LogP) is 5.13. The molecule has 0 heterocycles. The molecule has 158 valence electrons. The van der Waals surface area contributed by atoms with E-state index in [4.69, 9.17) is 11.1 Å². The molecule has 0 amide bonds. The van der Waals surface area contributed by atoms with Gasteiger partial charge in [0, 0.05) is 22.2 Å². The Morgan fingerprint density at radius 1 is 1.03 bits per heavy atom. The minimum Gasteiger partial charge on any atom is -0.478 e. The SMILES string of the molecule is CC1(C)C2=CC(=N)C=CC2=C(c2c(F)c(F)c(F)c(F)c2C(=O)O)c2ccc(N)cc21. The van der Waals surface area contributed by atoms with Crippen molar-refractivity contribution in [1.29, 1.82) is 5.41 Å². The van der Waals surface area contributed by atoms with Gasteiger partial charge in [-0.1, -0.05) is 26.0 Å².